The monoisotopic (exact) mass is 462 g/mol. The molecule has 0 radical (unpaired) electrons. The molecule has 1 N–H and O–H groups in total. The minimum atomic E-state index is 0.0216. The van der Waals surface area contributed by atoms with Gasteiger partial charge in [-0.1, -0.05) is 55.8 Å². The minimum Gasteiger partial charge on any atom is -0.370 e. The fourth-order valence-electron chi connectivity index (χ4n) is 5.56. The topological polar surface area (TPSA) is 38.8 Å². The highest BCUT2D eigenvalue weighted by Gasteiger charge is 2.30. The lowest BCUT2D eigenvalue weighted by Crippen LogP contribution is -2.50. The summed E-state index contributed by atoms with van der Waals surface area (Å²) >= 11 is 0. The SMILES string of the molecule is CCCC(C)N1CCC(N(Cc2ccccc2)C(=O)Nc2ccccc2N2CCCCC2)CC1. The first-order valence-corrected chi connectivity index (χ1v) is 13.3. The van der Waals surface area contributed by atoms with Crippen LogP contribution < -0.4 is 10.2 Å². The van der Waals surface area contributed by atoms with Crippen molar-refractivity contribution in [3.8, 4) is 0 Å². The van der Waals surface area contributed by atoms with Gasteiger partial charge in [0.05, 0.1) is 11.4 Å². The number of benzene rings is 2. The maximum atomic E-state index is 13.8. The molecular weight excluding hydrogens is 420 g/mol. The summed E-state index contributed by atoms with van der Waals surface area (Å²) in [6.07, 6.45) is 8.26. The molecular formula is C29H42N4O. The van der Waals surface area contributed by atoms with Gasteiger partial charge in [-0.3, -0.25) is 0 Å². The van der Waals surface area contributed by atoms with Gasteiger partial charge < -0.3 is 20.0 Å². The first-order valence-electron chi connectivity index (χ1n) is 13.3. The van der Waals surface area contributed by atoms with Gasteiger partial charge in [-0.15, -0.1) is 0 Å². The molecule has 1 atom stereocenters. The van der Waals surface area contributed by atoms with E-state index in [0.29, 0.717) is 12.6 Å². The number of carbonyl (C=O) groups is 1. The van der Waals surface area contributed by atoms with Crippen molar-refractivity contribution in [2.75, 3.05) is 36.4 Å². The van der Waals surface area contributed by atoms with E-state index in [1.807, 2.05) is 12.1 Å². The van der Waals surface area contributed by atoms with E-state index in [4.69, 9.17) is 0 Å². The molecule has 184 valence electrons. The lowest BCUT2D eigenvalue weighted by atomic mass is 10.00. The zero-order valence-corrected chi connectivity index (χ0v) is 21.1. The van der Waals surface area contributed by atoms with Crippen molar-refractivity contribution >= 4 is 17.4 Å². The van der Waals surface area contributed by atoms with Crippen LogP contribution in [-0.2, 0) is 6.54 Å². The van der Waals surface area contributed by atoms with Gasteiger partial charge in [0, 0.05) is 44.8 Å². The third-order valence-electron chi connectivity index (χ3n) is 7.57. The first kappa shape index (κ1) is 24.6. The van der Waals surface area contributed by atoms with E-state index >= 15 is 0 Å². The van der Waals surface area contributed by atoms with Crippen LogP contribution in [0, 0.1) is 0 Å². The normalized spacial score (nSPS) is 18.5. The van der Waals surface area contributed by atoms with Crippen molar-refractivity contribution in [3.63, 3.8) is 0 Å². The van der Waals surface area contributed by atoms with E-state index < -0.39 is 0 Å². The van der Waals surface area contributed by atoms with Crippen LogP contribution in [0.4, 0.5) is 16.2 Å². The predicted octanol–water partition coefficient (Wildman–Crippen LogP) is 6.36. The Balaban J connectivity index is 1.49. The predicted molar refractivity (Wildman–Crippen MR) is 142 cm³/mol. The van der Waals surface area contributed by atoms with Crippen LogP contribution in [0.2, 0.25) is 0 Å². The van der Waals surface area contributed by atoms with Crippen molar-refractivity contribution in [2.24, 2.45) is 0 Å². The van der Waals surface area contributed by atoms with Crippen LogP contribution in [0.5, 0.6) is 0 Å². The molecule has 5 heteroatoms. The minimum absolute atomic E-state index is 0.0216. The zero-order valence-electron chi connectivity index (χ0n) is 21.1. The highest BCUT2D eigenvalue weighted by Crippen LogP contribution is 2.29. The molecule has 0 bridgehead atoms. The molecule has 2 fully saturated rings. The van der Waals surface area contributed by atoms with Crippen LogP contribution in [0.15, 0.2) is 54.6 Å². The lowest BCUT2D eigenvalue weighted by molar-refractivity contribution is 0.0989. The molecule has 0 saturated carbocycles. The Bertz CT molecular complexity index is 888. The standard InChI is InChI=1S/C29H42N4O/c1-3-12-24(2)31-21-17-26(18-22-31)33(23-25-13-6-4-7-14-25)29(34)30-27-15-8-9-16-28(27)32-19-10-5-11-20-32/h4,6-9,13-16,24,26H,3,5,10-12,17-23H2,1-2H3,(H,30,34). The number of nitrogens with one attached hydrogen (secondary N) is 1. The molecule has 34 heavy (non-hydrogen) atoms. The third kappa shape index (κ3) is 6.32. The molecule has 2 amide bonds. The van der Waals surface area contributed by atoms with E-state index in [0.717, 1.165) is 50.4 Å². The Morgan fingerprint density at radius 1 is 0.971 bits per heavy atom. The molecule has 2 aliphatic rings. The molecule has 2 aromatic rings. The largest absolute Gasteiger partial charge is 0.370 e. The fourth-order valence-corrected chi connectivity index (χ4v) is 5.56. The lowest BCUT2D eigenvalue weighted by Gasteiger charge is -2.41. The Kier molecular flexibility index (Phi) is 8.86. The van der Waals surface area contributed by atoms with E-state index in [1.54, 1.807) is 0 Å². The Morgan fingerprint density at radius 3 is 2.35 bits per heavy atom. The Hall–Kier alpha value is -2.53. The second-order valence-corrected chi connectivity index (χ2v) is 10.0. The van der Waals surface area contributed by atoms with Crippen molar-refractivity contribution in [2.45, 2.75) is 77.4 Å². The van der Waals surface area contributed by atoms with Crippen LogP contribution in [0.25, 0.3) is 0 Å². The fraction of sp³-hybridized carbons (Fsp3) is 0.552. The van der Waals surface area contributed by atoms with Crippen molar-refractivity contribution in [3.05, 3.63) is 60.2 Å². The molecule has 2 saturated heterocycles. The van der Waals surface area contributed by atoms with Crippen LogP contribution in [0.1, 0.15) is 64.4 Å². The summed E-state index contributed by atoms with van der Waals surface area (Å²) in [6.45, 7) is 9.51. The van der Waals surface area contributed by atoms with Gasteiger partial charge in [-0.05, 0) is 63.1 Å². The second kappa shape index (κ2) is 12.3. The number of hydrogen-bond donors (Lipinski definition) is 1. The molecule has 4 rings (SSSR count). The van der Waals surface area contributed by atoms with E-state index in [9.17, 15) is 4.79 Å². The highest BCUT2D eigenvalue weighted by atomic mass is 16.2. The summed E-state index contributed by atoms with van der Waals surface area (Å²) in [5, 5.41) is 3.31. The molecule has 2 aliphatic heterocycles. The molecule has 2 aromatic carbocycles. The summed E-state index contributed by atoms with van der Waals surface area (Å²) < 4.78 is 0. The van der Waals surface area contributed by atoms with Gasteiger partial charge in [0.25, 0.3) is 0 Å². The van der Waals surface area contributed by atoms with Crippen LogP contribution >= 0.6 is 0 Å². The van der Waals surface area contributed by atoms with E-state index in [1.165, 1.54) is 37.7 Å². The van der Waals surface area contributed by atoms with Gasteiger partial charge in [-0.25, -0.2) is 4.79 Å². The van der Waals surface area contributed by atoms with Crippen LogP contribution in [-0.4, -0.2) is 54.1 Å². The van der Waals surface area contributed by atoms with Gasteiger partial charge >= 0.3 is 6.03 Å². The van der Waals surface area contributed by atoms with Gasteiger partial charge in [-0.2, -0.15) is 0 Å². The van der Waals surface area contributed by atoms with E-state index in [2.05, 4.69) is 76.3 Å². The first-order chi connectivity index (χ1) is 16.7. The zero-order chi connectivity index (χ0) is 23.8. The van der Waals surface area contributed by atoms with Gasteiger partial charge in [0.15, 0.2) is 0 Å². The number of hydrogen-bond acceptors (Lipinski definition) is 3. The van der Waals surface area contributed by atoms with E-state index in [-0.39, 0.29) is 12.1 Å². The number of amides is 2. The smallest absolute Gasteiger partial charge is 0.322 e. The number of carbonyl (C=O) groups excluding carboxylic acids is 1. The van der Waals surface area contributed by atoms with Crippen molar-refractivity contribution in [1.29, 1.82) is 0 Å². The number of para-hydroxylation sites is 2. The maximum absolute atomic E-state index is 13.8. The molecule has 2 heterocycles. The van der Waals surface area contributed by atoms with Crippen LogP contribution in [0.3, 0.4) is 0 Å². The third-order valence-corrected chi connectivity index (χ3v) is 7.57. The Labute approximate surface area is 206 Å². The summed E-state index contributed by atoms with van der Waals surface area (Å²) in [5.74, 6) is 0. The number of urea groups is 1. The summed E-state index contributed by atoms with van der Waals surface area (Å²) in [7, 11) is 0. The average Bonchev–Trinajstić information content (AvgIpc) is 2.89. The molecule has 5 nitrogen and oxygen atoms in total. The molecule has 0 aromatic heterocycles. The number of piperidine rings is 2. The number of nitrogens with zero attached hydrogens (tertiary/aromatic N) is 3. The Morgan fingerprint density at radius 2 is 1.65 bits per heavy atom. The quantitative estimate of drug-likeness (QED) is 0.496. The van der Waals surface area contributed by atoms with Gasteiger partial charge in [0.1, 0.15) is 0 Å². The molecule has 1 unspecified atom stereocenters. The van der Waals surface area contributed by atoms with Crippen molar-refractivity contribution in [1.82, 2.24) is 9.80 Å². The molecule has 0 aliphatic carbocycles. The van der Waals surface area contributed by atoms with Crippen molar-refractivity contribution < 1.29 is 4.79 Å². The number of anilines is 2. The number of likely N-dealkylation sites (tertiary alicyclic amines) is 1. The average molecular weight is 463 g/mol. The number of rotatable bonds is 8. The molecule has 0 spiro atoms. The summed E-state index contributed by atoms with van der Waals surface area (Å²) in [6, 6.07) is 19.6. The van der Waals surface area contributed by atoms with Gasteiger partial charge in [0.2, 0.25) is 0 Å². The second-order valence-electron chi connectivity index (χ2n) is 10.0. The highest BCUT2D eigenvalue weighted by molar-refractivity contribution is 5.93. The summed E-state index contributed by atoms with van der Waals surface area (Å²) in [4.78, 5) is 20.9. The summed E-state index contributed by atoms with van der Waals surface area (Å²) in [5.41, 5.74) is 3.27. The maximum Gasteiger partial charge on any atom is 0.322 e.